The zero-order valence-electron chi connectivity index (χ0n) is 21.3. The number of rotatable bonds is 22. The van der Waals surface area contributed by atoms with Crippen molar-refractivity contribution in [1.29, 1.82) is 0 Å². The van der Waals surface area contributed by atoms with E-state index < -0.39 is 0 Å². The third kappa shape index (κ3) is 13.5. The van der Waals surface area contributed by atoms with Crippen molar-refractivity contribution in [3.05, 3.63) is 12.2 Å². The van der Waals surface area contributed by atoms with E-state index in [0.29, 0.717) is 0 Å². The van der Waals surface area contributed by atoms with Crippen LogP contribution in [0.1, 0.15) is 129 Å². The van der Waals surface area contributed by atoms with Crippen LogP contribution in [0, 0.1) is 0 Å². The van der Waals surface area contributed by atoms with Crippen LogP contribution < -0.4 is 0 Å². The predicted molar refractivity (Wildman–Crippen MR) is 138 cm³/mol. The number of aliphatic hydroxyl groups is 1. The molecule has 182 valence electrons. The summed E-state index contributed by atoms with van der Waals surface area (Å²) in [5, 5.41) is 9.40. The number of hydrogen-bond acceptors (Lipinski definition) is 2. The molecule has 1 N–H and O–H groups in total. The van der Waals surface area contributed by atoms with Crippen LogP contribution in [0.15, 0.2) is 17.1 Å². The molecule has 0 aromatic heterocycles. The first-order chi connectivity index (χ1) is 15.3. The Hall–Kier alpha value is -0.670. The average Bonchev–Trinajstić information content (AvgIpc) is 3.18. The van der Waals surface area contributed by atoms with Gasteiger partial charge in [0, 0.05) is 6.42 Å². The number of aliphatic imine (C=N–C) groups is 1. The summed E-state index contributed by atoms with van der Waals surface area (Å²) in [6, 6.07) is 0. The van der Waals surface area contributed by atoms with Gasteiger partial charge in [0.05, 0.1) is 19.7 Å². The first-order valence-electron chi connectivity index (χ1n) is 13.9. The standard InChI is InChI=1S/C28H55N2O/c1-3-5-6-7-8-9-10-11-12-13-14-15-16-17-18-19-20-21-22-23-28-29-24-25-30(28,4-2)26-27-31/h12-13,31H,3-11,14-27H2,1-2H3/q+1/b13-12+. The molecule has 0 aromatic rings. The number of likely N-dealkylation sites (N-methyl/N-ethyl adjacent to an activating group) is 1. The zero-order valence-corrected chi connectivity index (χ0v) is 21.3. The summed E-state index contributed by atoms with van der Waals surface area (Å²) in [5.74, 6) is 1.36. The van der Waals surface area contributed by atoms with E-state index in [9.17, 15) is 5.11 Å². The lowest BCUT2D eigenvalue weighted by molar-refractivity contribution is -0.835. The second-order valence-electron chi connectivity index (χ2n) is 9.68. The van der Waals surface area contributed by atoms with Gasteiger partial charge in [-0.1, -0.05) is 96.1 Å². The average molecular weight is 436 g/mol. The van der Waals surface area contributed by atoms with Crippen LogP contribution in [0.4, 0.5) is 0 Å². The quantitative estimate of drug-likeness (QED) is 0.105. The van der Waals surface area contributed by atoms with Gasteiger partial charge in [-0.3, -0.25) is 4.48 Å². The van der Waals surface area contributed by atoms with E-state index in [1.807, 2.05) is 0 Å². The topological polar surface area (TPSA) is 32.6 Å². The third-order valence-corrected chi connectivity index (χ3v) is 7.17. The molecule has 0 aromatic carbocycles. The second kappa shape index (κ2) is 20.0. The number of aliphatic hydroxyl groups excluding tert-OH is 1. The molecule has 0 radical (unpaired) electrons. The molecule has 1 rings (SSSR count). The molecule has 1 unspecified atom stereocenters. The molecule has 3 heteroatoms. The Balaban J connectivity index is 1.85. The van der Waals surface area contributed by atoms with Gasteiger partial charge in [0.25, 0.3) is 0 Å². The van der Waals surface area contributed by atoms with Crippen LogP contribution in [0.2, 0.25) is 0 Å². The van der Waals surface area contributed by atoms with Gasteiger partial charge in [-0.2, -0.15) is 0 Å². The SMILES string of the molecule is CCCCCCCCC/C=C/CCCCCCCCCCC1=NCC[N+]1(CC)CCO. The lowest BCUT2D eigenvalue weighted by Crippen LogP contribution is -2.52. The summed E-state index contributed by atoms with van der Waals surface area (Å²) < 4.78 is 0.948. The van der Waals surface area contributed by atoms with Crippen molar-refractivity contribution < 1.29 is 9.59 Å². The fraction of sp³-hybridized carbons (Fsp3) is 0.893. The van der Waals surface area contributed by atoms with E-state index in [1.54, 1.807) is 0 Å². The Morgan fingerprint density at radius 2 is 1.26 bits per heavy atom. The van der Waals surface area contributed by atoms with Crippen LogP contribution in [0.25, 0.3) is 0 Å². The number of allylic oxidation sites excluding steroid dienone is 2. The van der Waals surface area contributed by atoms with Crippen molar-refractivity contribution in [1.82, 2.24) is 0 Å². The van der Waals surface area contributed by atoms with Crippen LogP contribution in [0.3, 0.4) is 0 Å². The molecule has 1 atom stereocenters. The molecule has 0 bridgehead atoms. The molecule has 3 nitrogen and oxygen atoms in total. The van der Waals surface area contributed by atoms with Crippen molar-refractivity contribution in [2.45, 2.75) is 129 Å². The Labute approximate surface area is 195 Å². The molecule has 0 saturated heterocycles. The first-order valence-corrected chi connectivity index (χ1v) is 13.9. The molecule has 0 saturated carbocycles. The van der Waals surface area contributed by atoms with Gasteiger partial charge in [0.15, 0.2) is 5.84 Å². The minimum absolute atomic E-state index is 0.280. The largest absolute Gasteiger partial charge is 0.390 e. The van der Waals surface area contributed by atoms with Gasteiger partial charge < -0.3 is 5.11 Å². The zero-order chi connectivity index (χ0) is 22.5. The van der Waals surface area contributed by atoms with Crippen LogP contribution in [-0.2, 0) is 0 Å². The Morgan fingerprint density at radius 3 is 1.77 bits per heavy atom. The molecule has 0 fully saturated rings. The summed E-state index contributed by atoms with van der Waals surface area (Å²) in [5.41, 5.74) is 0. The maximum atomic E-state index is 9.40. The number of nitrogens with zero attached hydrogens (tertiary/aromatic N) is 2. The highest BCUT2D eigenvalue weighted by molar-refractivity contribution is 5.76. The minimum Gasteiger partial charge on any atom is -0.390 e. The van der Waals surface area contributed by atoms with Gasteiger partial charge in [-0.25, -0.2) is 4.99 Å². The smallest absolute Gasteiger partial charge is 0.198 e. The van der Waals surface area contributed by atoms with E-state index in [1.165, 1.54) is 115 Å². The van der Waals surface area contributed by atoms with Crippen molar-refractivity contribution in [2.75, 3.05) is 32.8 Å². The lowest BCUT2D eigenvalue weighted by atomic mass is 10.1. The second-order valence-corrected chi connectivity index (χ2v) is 9.68. The van der Waals surface area contributed by atoms with E-state index >= 15 is 0 Å². The molecule has 1 aliphatic heterocycles. The highest BCUT2D eigenvalue weighted by Gasteiger charge is 2.35. The molecule has 0 spiro atoms. The highest BCUT2D eigenvalue weighted by atomic mass is 16.3. The van der Waals surface area contributed by atoms with Crippen molar-refractivity contribution in [3.8, 4) is 0 Å². The molecule has 31 heavy (non-hydrogen) atoms. The summed E-state index contributed by atoms with van der Waals surface area (Å²) in [4.78, 5) is 4.77. The molecule has 0 aliphatic carbocycles. The number of quaternary nitrogens is 1. The Bertz CT molecular complexity index is 460. The van der Waals surface area contributed by atoms with Crippen LogP contribution >= 0.6 is 0 Å². The highest BCUT2D eigenvalue weighted by Crippen LogP contribution is 2.20. The number of amidine groups is 1. The number of hydrogen-bond donors (Lipinski definition) is 1. The van der Waals surface area contributed by atoms with Crippen molar-refractivity contribution >= 4 is 5.84 Å². The third-order valence-electron chi connectivity index (χ3n) is 7.17. The molecule has 1 heterocycles. The monoisotopic (exact) mass is 435 g/mol. The Kier molecular flexibility index (Phi) is 18.3. The van der Waals surface area contributed by atoms with Gasteiger partial charge in [-0.05, 0) is 39.0 Å². The summed E-state index contributed by atoms with van der Waals surface area (Å²) in [6.07, 6.45) is 29.4. The van der Waals surface area contributed by atoms with Crippen LogP contribution in [0.5, 0.6) is 0 Å². The fourth-order valence-corrected chi connectivity index (χ4v) is 4.96. The molecule has 0 amide bonds. The molecular weight excluding hydrogens is 380 g/mol. The normalized spacial score (nSPS) is 18.9. The van der Waals surface area contributed by atoms with E-state index in [2.05, 4.69) is 26.0 Å². The maximum absolute atomic E-state index is 9.40. The maximum Gasteiger partial charge on any atom is 0.198 e. The van der Waals surface area contributed by atoms with Gasteiger partial charge in [0.1, 0.15) is 13.1 Å². The summed E-state index contributed by atoms with van der Waals surface area (Å²) >= 11 is 0. The van der Waals surface area contributed by atoms with Gasteiger partial charge in [0.2, 0.25) is 0 Å². The first kappa shape index (κ1) is 28.4. The van der Waals surface area contributed by atoms with Crippen molar-refractivity contribution in [3.63, 3.8) is 0 Å². The van der Waals surface area contributed by atoms with Crippen LogP contribution in [-0.4, -0.2) is 48.2 Å². The van der Waals surface area contributed by atoms with E-state index in [4.69, 9.17) is 4.99 Å². The summed E-state index contributed by atoms with van der Waals surface area (Å²) in [7, 11) is 0. The lowest BCUT2D eigenvalue weighted by Gasteiger charge is -2.33. The fourth-order valence-electron chi connectivity index (χ4n) is 4.96. The summed E-state index contributed by atoms with van der Waals surface area (Å²) in [6.45, 7) is 8.79. The van der Waals surface area contributed by atoms with Gasteiger partial charge >= 0.3 is 0 Å². The van der Waals surface area contributed by atoms with E-state index in [-0.39, 0.29) is 6.61 Å². The van der Waals surface area contributed by atoms with Gasteiger partial charge in [-0.15, -0.1) is 0 Å². The predicted octanol–water partition coefficient (Wildman–Crippen LogP) is 7.83. The Morgan fingerprint density at radius 1 is 0.742 bits per heavy atom. The molecule has 1 aliphatic rings. The van der Waals surface area contributed by atoms with E-state index in [0.717, 1.165) is 37.1 Å². The van der Waals surface area contributed by atoms with Crippen molar-refractivity contribution in [2.24, 2.45) is 4.99 Å². The molecular formula is C28H55N2O+. The minimum atomic E-state index is 0.280. The number of unbranched alkanes of at least 4 members (excludes halogenated alkanes) is 15.